The van der Waals surface area contributed by atoms with Crippen LogP contribution < -0.4 is 0 Å². The summed E-state index contributed by atoms with van der Waals surface area (Å²) in [6, 6.07) is 13.4. The van der Waals surface area contributed by atoms with E-state index in [1.165, 1.54) is 6.07 Å². The largest absolute Gasteiger partial charge is 0.353 e. The van der Waals surface area contributed by atoms with E-state index in [0.29, 0.717) is 0 Å². The van der Waals surface area contributed by atoms with Crippen LogP contribution in [0.2, 0.25) is 0 Å². The number of nitrogens with zero attached hydrogens (tertiary/aromatic N) is 3. The van der Waals surface area contributed by atoms with Gasteiger partial charge in [-0.15, -0.1) is 11.3 Å². The van der Waals surface area contributed by atoms with E-state index in [4.69, 9.17) is 0 Å². The zero-order valence-electron chi connectivity index (χ0n) is 13.8. The molecule has 0 spiro atoms. The van der Waals surface area contributed by atoms with Crippen molar-refractivity contribution in [2.75, 3.05) is 0 Å². The van der Waals surface area contributed by atoms with E-state index in [1.54, 1.807) is 10.9 Å². The summed E-state index contributed by atoms with van der Waals surface area (Å²) in [5.74, 6) is 0. The molecule has 5 aromatic rings. The lowest BCUT2D eigenvalue weighted by Gasteiger charge is -1.98. The van der Waals surface area contributed by atoms with Crippen LogP contribution in [0.3, 0.4) is 0 Å². The van der Waals surface area contributed by atoms with Gasteiger partial charge in [-0.2, -0.15) is 14.6 Å². The molecule has 5 rings (SSSR count). The van der Waals surface area contributed by atoms with Crippen LogP contribution in [0.1, 0.15) is 0 Å². The van der Waals surface area contributed by atoms with Gasteiger partial charge in [0.1, 0.15) is 5.69 Å². The summed E-state index contributed by atoms with van der Waals surface area (Å²) >= 11 is 1.15. The van der Waals surface area contributed by atoms with Crippen molar-refractivity contribution in [1.82, 2.24) is 25.0 Å². The van der Waals surface area contributed by atoms with Crippen LogP contribution in [-0.4, -0.2) is 25.0 Å². The van der Waals surface area contributed by atoms with Crippen LogP contribution in [0, 0.1) is 5.13 Å². The second-order valence-electron chi connectivity index (χ2n) is 6.12. The van der Waals surface area contributed by atoms with Crippen LogP contribution in [-0.2, 0) is 7.05 Å². The van der Waals surface area contributed by atoms with E-state index >= 15 is 0 Å². The van der Waals surface area contributed by atoms with Gasteiger partial charge in [0.15, 0.2) is 5.13 Å². The summed E-state index contributed by atoms with van der Waals surface area (Å²) in [4.78, 5) is 4.32. The topological polar surface area (TPSA) is 62.3 Å². The molecule has 4 heterocycles. The Kier molecular flexibility index (Phi) is 3.29. The van der Waals surface area contributed by atoms with E-state index in [9.17, 15) is 4.39 Å². The number of benzene rings is 1. The molecule has 7 heteroatoms. The first-order valence-corrected chi connectivity index (χ1v) is 8.91. The van der Waals surface area contributed by atoms with Crippen molar-refractivity contribution in [1.29, 1.82) is 0 Å². The van der Waals surface area contributed by atoms with Crippen molar-refractivity contribution in [2.45, 2.75) is 0 Å². The minimum atomic E-state index is -0.179. The number of hydrogen-bond donors (Lipinski definition) is 2. The Balaban J connectivity index is 1.59. The standard InChI is InChI=1S/C19H14FN5S/c1-25-10-11(9-21-25)15-8-17(24-23-15)16-7-13-12(3-2-4-14(13)22-16)18-5-6-19(20)26-18/h2-10,22H,1H3,(H,23,24). The van der Waals surface area contributed by atoms with Gasteiger partial charge in [0.25, 0.3) is 0 Å². The fourth-order valence-corrected chi connectivity index (χ4v) is 3.91. The van der Waals surface area contributed by atoms with E-state index in [2.05, 4.69) is 26.3 Å². The fourth-order valence-electron chi connectivity index (χ4n) is 3.13. The van der Waals surface area contributed by atoms with Gasteiger partial charge < -0.3 is 4.98 Å². The van der Waals surface area contributed by atoms with Crippen molar-refractivity contribution < 1.29 is 4.39 Å². The zero-order chi connectivity index (χ0) is 17.7. The van der Waals surface area contributed by atoms with Crippen molar-refractivity contribution in [3.63, 3.8) is 0 Å². The summed E-state index contributed by atoms with van der Waals surface area (Å²) in [7, 11) is 1.88. The number of halogens is 1. The third-order valence-corrected chi connectivity index (χ3v) is 5.28. The van der Waals surface area contributed by atoms with Crippen LogP contribution in [0.5, 0.6) is 0 Å². The van der Waals surface area contributed by atoms with Gasteiger partial charge in [-0.05, 0) is 30.3 Å². The molecule has 0 saturated heterocycles. The first-order valence-electron chi connectivity index (χ1n) is 8.09. The highest BCUT2D eigenvalue weighted by molar-refractivity contribution is 7.14. The number of aromatic amines is 2. The lowest BCUT2D eigenvalue weighted by Crippen LogP contribution is -1.84. The van der Waals surface area contributed by atoms with Gasteiger partial charge in [0, 0.05) is 40.2 Å². The molecule has 0 aliphatic carbocycles. The quantitative estimate of drug-likeness (QED) is 0.482. The number of thiophene rings is 1. The molecule has 0 bridgehead atoms. The first kappa shape index (κ1) is 15.1. The molecular weight excluding hydrogens is 349 g/mol. The number of aromatic nitrogens is 5. The minimum absolute atomic E-state index is 0.179. The van der Waals surface area contributed by atoms with Crippen LogP contribution >= 0.6 is 11.3 Å². The Labute approximate surface area is 152 Å². The molecule has 0 fully saturated rings. The fraction of sp³-hybridized carbons (Fsp3) is 0.0526. The molecule has 1 aromatic carbocycles. The minimum Gasteiger partial charge on any atom is -0.353 e. The van der Waals surface area contributed by atoms with E-state index in [0.717, 1.165) is 55.3 Å². The number of hydrogen-bond acceptors (Lipinski definition) is 3. The Morgan fingerprint density at radius 1 is 1.12 bits per heavy atom. The molecule has 128 valence electrons. The second-order valence-corrected chi connectivity index (χ2v) is 7.16. The maximum atomic E-state index is 13.4. The molecule has 0 radical (unpaired) electrons. The molecule has 0 atom stereocenters. The molecule has 0 amide bonds. The molecule has 0 saturated carbocycles. The Hall–Kier alpha value is -3.19. The molecule has 4 aromatic heterocycles. The molecule has 2 N–H and O–H groups in total. The number of rotatable bonds is 3. The monoisotopic (exact) mass is 363 g/mol. The number of H-pyrrole nitrogens is 2. The van der Waals surface area contributed by atoms with Crippen molar-refractivity contribution in [2.24, 2.45) is 7.05 Å². The maximum Gasteiger partial charge on any atom is 0.176 e. The van der Waals surface area contributed by atoms with Gasteiger partial charge in [-0.3, -0.25) is 9.78 Å². The smallest absolute Gasteiger partial charge is 0.176 e. The number of fused-ring (bicyclic) bond motifs is 1. The average Bonchev–Trinajstić information content (AvgIpc) is 3.39. The van der Waals surface area contributed by atoms with Gasteiger partial charge in [0.05, 0.1) is 17.6 Å². The predicted molar refractivity (Wildman–Crippen MR) is 101 cm³/mol. The van der Waals surface area contributed by atoms with Crippen molar-refractivity contribution in [3.05, 3.63) is 60.0 Å². The third kappa shape index (κ3) is 2.44. The average molecular weight is 363 g/mol. The zero-order valence-corrected chi connectivity index (χ0v) is 14.6. The highest BCUT2D eigenvalue weighted by atomic mass is 32.1. The lowest BCUT2D eigenvalue weighted by molar-refractivity contribution is 0.657. The van der Waals surface area contributed by atoms with E-state index in [-0.39, 0.29) is 5.13 Å². The van der Waals surface area contributed by atoms with Gasteiger partial charge >= 0.3 is 0 Å². The summed E-state index contributed by atoms with van der Waals surface area (Å²) in [6.07, 6.45) is 3.73. The van der Waals surface area contributed by atoms with Crippen LogP contribution in [0.25, 0.3) is 44.0 Å². The lowest BCUT2D eigenvalue weighted by atomic mass is 10.1. The second kappa shape index (κ2) is 5.67. The molecule has 0 unspecified atom stereocenters. The molecule has 26 heavy (non-hydrogen) atoms. The van der Waals surface area contributed by atoms with Gasteiger partial charge in [-0.25, -0.2) is 0 Å². The number of aryl methyl sites for hydroxylation is 1. The summed E-state index contributed by atoms with van der Waals surface area (Å²) < 4.78 is 15.2. The molecule has 0 aliphatic rings. The van der Waals surface area contributed by atoms with Gasteiger partial charge in [0.2, 0.25) is 0 Å². The van der Waals surface area contributed by atoms with Crippen molar-refractivity contribution >= 4 is 22.2 Å². The Bertz CT molecular complexity index is 1230. The van der Waals surface area contributed by atoms with Crippen LogP contribution in [0.15, 0.2) is 54.9 Å². The van der Waals surface area contributed by atoms with Crippen LogP contribution in [0.4, 0.5) is 4.39 Å². The van der Waals surface area contributed by atoms with E-state index in [1.807, 2.05) is 43.6 Å². The summed E-state index contributed by atoms with van der Waals surface area (Å²) in [6.45, 7) is 0. The Morgan fingerprint density at radius 3 is 2.81 bits per heavy atom. The highest BCUT2D eigenvalue weighted by Crippen LogP contribution is 2.35. The number of nitrogens with one attached hydrogen (secondary N) is 2. The summed E-state index contributed by atoms with van der Waals surface area (Å²) in [5.41, 5.74) is 5.64. The predicted octanol–water partition coefficient (Wildman–Crippen LogP) is 4.83. The van der Waals surface area contributed by atoms with E-state index < -0.39 is 0 Å². The third-order valence-electron chi connectivity index (χ3n) is 4.37. The van der Waals surface area contributed by atoms with Gasteiger partial charge in [-0.1, -0.05) is 12.1 Å². The normalized spacial score (nSPS) is 11.5. The first-order chi connectivity index (χ1) is 12.7. The SMILES string of the molecule is Cn1cc(-c2cc(-c3cc4c(-c5ccc(F)s5)cccc4[nH]3)n[nH]2)cn1. The molecule has 5 nitrogen and oxygen atoms in total. The van der Waals surface area contributed by atoms with Crippen molar-refractivity contribution in [3.8, 4) is 33.1 Å². The molecule has 0 aliphatic heterocycles. The summed E-state index contributed by atoms with van der Waals surface area (Å²) in [5, 5.41) is 12.5. The maximum absolute atomic E-state index is 13.4. The highest BCUT2D eigenvalue weighted by Gasteiger charge is 2.13. The Morgan fingerprint density at radius 2 is 2.04 bits per heavy atom. The molecular formula is C19H14FN5S.